The fourth-order valence-corrected chi connectivity index (χ4v) is 2.30. The zero-order valence-corrected chi connectivity index (χ0v) is 14.0. The van der Waals surface area contributed by atoms with Gasteiger partial charge in [-0.05, 0) is 24.1 Å². The summed E-state index contributed by atoms with van der Waals surface area (Å²) in [7, 11) is 0. The first-order chi connectivity index (χ1) is 9.16. The van der Waals surface area contributed by atoms with Crippen LogP contribution in [-0.4, -0.2) is 6.03 Å². The molecule has 1 aliphatic heterocycles. The molecule has 3 nitrogen and oxygen atoms in total. The second-order valence-corrected chi connectivity index (χ2v) is 4.55. The Hall–Kier alpha value is -1.45. The van der Waals surface area contributed by atoms with Crippen molar-refractivity contribution in [3.8, 4) is 0 Å². The molecule has 2 aromatic rings. The minimum atomic E-state index is -0.489. The third-order valence-electron chi connectivity index (χ3n) is 3.21. The van der Waals surface area contributed by atoms with E-state index in [9.17, 15) is 4.79 Å². The van der Waals surface area contributed by atoms with Crippen molar-refractivity contribution in [2.24, 2.45) is 5.73 Å². The SMILES string of the molecule is Cc1ccc2c(c1)N(C(N)=O)c1c[c-]ccc1C=C2.[Y]. The molecule has 1 aliphatic rings. The molecule has 1 heterocycles. The molecule has 3 rings (SSSR count). The number of amides is 2. The third kappa shape index (κ3) is 2.56. The number of anilines is 2. The van der Waals surface area contributed by atoms with E-state index in [-0.39, 0.29) is 32.7 Å². The fourth-order valence-electron chi connectivity index (χ4n) is 2.30. The van der Waals surface area contributed by atoms with Crippen LogP contribution in [0.2, 0.25) is 0 Å². The summed E-state index contributed by atoms with van der Waals surface area (Å²) in [6.07, 6.45) is 3.98. The Morgan fingerprint density at radius 2 is 1.85 bits per heavy atom. The molecule has 2 N–H and O–H groups in total. The van der Waals surface area contributed by atoms with E-state index in [4.69, 9.17) is 5.73 Å². The van der Waals surface area contributed by atoms with Gasteiger partial charge in [-0.1, -0.05) is 30.0 Å². The molecule has 0 spiro atoms. The smallest absolute Gasteiger partial charge is 0.312 e. The summed E-state index contributed by atoms with van der Waals surface area (Å²) in [5.41, 5.74) is 10.1. The predicted octanol–water partition coefficient (Wildman–Crippen LogP) is 3.49. The van der Waals surface area contributed by atoms with E-state index in [1.165, 1.54) is 4.90 Å². The summed E-state index contributed by atoms with van der Waals surface area (Å²) >= 11 is 0. The molecule has 97 valence electrons. The molecular weight excluding hydrogens is 325 g/mol. The van der Waals surface area contributed by atoms with Crippen molar-refractivity contribution >= 4 is 29.6 Å². The number of benzene rings is 2. The number of hydrogen-bond acceptors (Lipinski definition) is 1. The molecule has 20 heavy (non-hydrogen) atoms. The summed E-state index contributed by atoms with van der Waals surface area (Å²) in [4.78, 5) is 13.4. The molecule has 2 aromatic carbocycles. The Kier molecular flexibility index (Phi) is 4.41. The summed E-state index contributed by atoms with van der Waals surface area (Å²) in [6.45, 7) is 1.99. The normalized spacial score (nSPS) is 11.9. The van der Waals surface area contributed by atoms with Gasteiger partial charge in [0.2, 0.25) is 0 Å². The van der Waals surface area contributed by atoms with Crippen LogP contribution in [0, 0.1) is 13.0 Å². The molecule has 0 aromatic heterocycles. The average Bonchev–Trinajstić information content (AvgIpc) is 2.54. The number of nitrogens with zero attached hydrogens (tertiary/aromatic N) is 1. The maximum atomic E-state index is 11.9. The maximum Gasteiger partial charge on any atom is 0.312 e. The van der Waals surface area contributed by atoms with Crippen molar-refractivity contribution in [2.45, 2.75) is 6.92 Å². The second kappa shape index (κ2) is 5.90. The van der Waals surface area contributed by atoms with Crippen LogP contribution in [0.3, 0.4) is 0 Å². The van der Waals surface area contributed by atoms with E-state index >= 15 is 0 Å². The average molecular weight is 338 g/mol. The number of fused-ring (bicyclic) bond motifs is 2. The van der Waals surface area contributed by atoms with Crippen molar-refractivity contribution in [3.05, 3.63) is 59.2 Å². The molecule has 0 atom stereocenters. The van der Waals surface area contributed by atoms with Gasteiger partial charge in [-0.2, -0.15) is 24.3 Å². The van der Waals surface area contributed by atoms with Crippen LogP contribution in [0.15, 0.2) is 36.4 Å². The number of rotatable bonds is 0. The molecule has 4 heteroatoms. The van der Waals surface area contributed by atoms with Crippen molar-refractivity contribution in [1.82, 2.24) is 0 Å². The standard InChI is InChI=1S/C16H13N2O.Y/c1-11-6-7-13-9-8-12-4-2-3-5-14(12)18(16(17)19)15(13)10-11;/h2,4-10H,1H3,(H2,17,19);/q-1;. The van der Waals surface area contributed by atoms with Gasteiger partial charge >= 0.3 is 6.03 Å². The van der Waals surface area contributed by atoms with Crippen LogP contribution in [-0.2, 0) is 32.7 Å². The van der Waals surface area contributed by atoms with Gasteiger partial charge in [0.25, 0.3) is 0 Å². The number of carbonyl (C=O) groups is 1. The Morgan fingerprint density at radius 3 is 2.55 bits per heavy atom. The fraction of sp³-hybridized carbons (Fsp3) is 0.0625. The van der Waals surface area contributed by atoms with E-state index in [0.29, 0.717) is 0 Å². The molecular formula is C16H13N2OY-. The molecule has 0 aliphatic carbocycles. The van der Waals surface area contributed by atoms with Gasteiger partial charge < -0.3 is 10.6 Å². The number of nitrogens with two attached hydrogens (primary N) is 1. The minimum Gasteiger partial charge on any atom is -0.352 e. The monoisotopic (exact) mass is 338 g/mol. The maximum absolute atomic E-state index is 11.9. The zero-order chi connectivity index (χ0) is 13.4. The summed E-state index contributed by atoms with van der Waals surface area (Å²) in [5.74, 6) is 0. The van der Waals surface area contributed by atoms with E-state index in [1.54, 1.807) is 6.07 Å². The van der Waals surface area contributed by atoms with Gasteiger partial charge in [-0.25, -0.2) is 4.79 Å². The second-order valence-electron chi connectivity index (χ2n) is 4.55. The van der Waals surface area contributed by atoms with Gasteiger partial charge in [-0.3, -0.25) is 0 Å². The van der Waals surface area contributed by atoms with Crippen LogP contribution in [0.4, 0.5) is 16.2 Å². The topological polar surface area (TPSA) is 46.3 Å². The molecule has 0 bridgehead atoms. The van der Waals surface area contributed by atoms with E-state index in [2.05, 4.69) is 6.07 Å². The van der Waals surface area contributed by atoms with E-state index in [1.807, 2.05) is 49.4 Å². The predicted molar refractivity (Wildman–Crippen MR) is 77.1 cm³/mol. The quantitative estimate of drug-likeness (QED) is 0.735. The van der Waals surface area contributed by atoms with Gasteiger partial charge in [0.15, 0.2) is 0 Å². The van der Waals surface area contributed by atoms with E-state index < -0.39 is 6.03 Å². The number of hydrogen-bond donors (Lipinski definition) is 1. The minimum absolute atomic E-state index is 0. The number of primary amides is 1. The van der Waals surface area contributed by atoms with Gasteiger partial charge in [0.05, 0.1) is 0 Å². The molecule has 0 saturated heterocycles. The van der Waals surface area contributed by atoms with Crippen LogP contribution in [0.1, 0.15) is 16.7 Å². The number of aryl methyl sites for hydroxylation is 1. The molecule has 0 unspecified atom stereocenters. The summed E-state index contributed by atoms with van der Waals surface area (Å²) in [6, 6.07) is 14.0. The van der Waals surface area contributed by atoms with Gasteiger partial charge in [-0.15, -0.1) is 5.56 Å². The van der Waals surface area contributed by atoms with Crippen LogP contribution in [0.25, 0.3) is 12.2 Å². The van der Waals surface area contributed by atoms with Crippen molar-refractivity contribution in [3.63, 3.8) is 0 Å². The first-order valence-corrected chi connectivity index (χ1v) is 6.05. The van der Waals surface area contributed by atoms with Crippen molar-refractivity contribution < 1.29 is 37.5 Å². The van der Waals surface area contributed by atoms with Crippen LogP contribution in [0.5, 0.6) is 0 Å². The van der Waals surface area contributed by atoms with Gasteiger partial charge in [0.1, 0.15) is 0 Å². The first-order valence-electron chi connectivity index (χ1n) is 6.05. The first kappa shape index (κ1) is 15.0. The van der Waals surface area contributed by atoms with Crippen molar-refractivity contribution in [1.29, 1.82) is 0 Å². The Bertz CT molecular complexity index is 695. The molecule has 0 saturated carbocycles. The van der Waals surface area contributed by atoms with Crippen molar-refractivity contribution in [2.75, 3.05) is 4.90 Å². The van der Waals surface area contributed by atoms with Crippen LogP contribution < -0.4 is 10.6 Å². The molecule has 0 fully saturated rings. The van der Waals surface area contributed by atoms with Gasteiger partial charge in [0, 0.05) is 38.4 Å². The number of urea groups is 1. The summed E-state index contributed by atoms with van der Waals surface area (Å²) < 4.78 is 0. The van der Waals surface area contributed by atoms with Crippen LogP contribution >= 0.6 is 0 Å². The molecule has 2 amide bonds. The number of carbonyl (C=O) groups excluding carboxylic acids is 1. The largest absolute Gasteiger partial charge is 0.352 e. The summed E-state index contributed by atoms with van der Waals surface area (Å²) in [5, 5.41) is 0. The van der Waals surface area contributed by atoms with E-state index in [0.717, 1.165) is 28.1 Å². The third-order valence-corrected chi connectivity index (χ3v) is 3.21. The Balaban J connectivity index is 0.00000147. The Labute approximate surface area is 143 Å². The Morgan fingerprint density at radius 1 is 1.15 bits per heavy atom. The zero-order valence-electron chi connectivity index (χ0n) is 11.1. The molecule has 1 radical (unpaired) electrons.